The number of ether oxygens (including phenoxy) is 2. The number of alkyl halides is 4. The highest BCUT2D eigenvalue weighted by Gasteiger charge is 2.39. The molecule has 0 amide bonds. The predicted octanol–water partition coefficient (Wildman–Crippen LogP) is 1.53. The third-order valence-corrected chi connectivity index (χ3v) is 1.75. The number of hydrogen-bond donors (Lipinski definition) is 1. The van der Waals surface area contributed by atoms with E-state index in [0.717, 1.165) is 0 Å². The second-order valence-corrected chi connectivity index (χ2v) is 3.20. The van der Waals surface area contributed by atoms with E-state index in [9.17, 15) is 17.6 Å². The van der Waals surface area contributed by atoms with Crippen molar-refractivity contribution < 1.29 is 27.0 Å². The fourth-order valence-corrected chi connectivity index (χ4v) is 0.876. The van der Waals surface area contributed by atoms with Crippen molar-refractivity contribution in [2.75, 3.05) is 40.0 Å². The summed E-state index contributed by atoms with van der Waals surface area (Å²) < 4.78 is 57.9. The number of nitrogens with one attached hydrogen (secondary N) is 1. The minimum absolute atomic E-state index is 0.218. The Morgan fingerprint density at radius 2 is 1.88 bits per heavy atom. The van der Waals surface area contributed by atoms with E-state index in [-0.39, 0.29) is 6.54 Å². The van der Waals surface area contributed by atoms with Gasteiger partial charge in [-0.05, 0) is 13.0 Å². The van der Waals surface area contributed by atoms with Gasteiger partial charge in [-0.3, -0.25) is 0 Å². The van der Waals surface area contributed by atoms with Crippen molar-refractivity contribution in [3.05, 3.63) is 0 Å². The largest absolute Gasteiger partial charge is 0.382 e. The van der Waals surface area contributed by atoms with Crippen LogP contribution in [-0.4, -0.2) is 52.4 Å². The fraction of sp³-hybridized carbons (Fsp3) is 1.00. The maximum atomic E-state index is 12.4. The van der Waals surface area contributed by atoms with Crippen LogP contribution in [-0.2, 0) is 9.47 Å². The van der Waals surface area contributed by atoms with Crippen LogP contribution in [0.2, 0.25) is 0 Å². The maximum absolute atomic E-state index is 12.4. The molecule has 0 bridgehead atoms. The van der Waals surface area contributed by atoms with Crippen LogP contribution in [0.4, 0.5) is 17.6 Å². The van der Waals surface area contributed by atoms with Crippen LogP contribution in [0.3, 0.4) is 0 Å². The second-order valence-electron chi connectivity index (χ2n) is 3.20. The zero-order valence-electron chi connectivity index (χ0n) is 9.15. The molecule has 0 saturated carbocycles. The SMILES string of the molecule is COCCOCCCNCC(F)(F)C(F)F. The summed E-state index contributed by atoms with van der Waals surface area (Å²) in [6, 6.07) is 0. The van der Waals surface area contributed by atoms with Crippen LogP contribution >= 0.6 is 0 Å². The normalized spacial score (nSPS) is 12.4. The predicted molar refractivity (Wildman–Crippen MR) is 51.1 cm³/mol. The first-order valence-electron chi connectivity index (χ1n) is 4.94. The van der Waals surface area contributed by atoms with Gasteiger partial charge in [-0.15, -0.1) is 0 Å². The molecule has 16 heavy (non-hydrogen) atoms. The molecule has 3 nitrogen and oxygen atoms in total. The summed E-state index contributed by atoms with van der Waals surface area (Å²) in [6.07, 6.45) is -3.14. The van der Waals surface area contributed by atoms with Crippen molar-refractivity contribution in [2.45, 2.75) is 18.8 Å². The van der Waals surface area contributed by atoms with Crippen molar-refractivity contribution in [1.29, 1.82) is 0 Å². The summed E-state index contributed by atoms with van der Waals surface area (Å²) in [6.45, 7) is 0.495. The molecule has 0 aliphatic heterocycles. The fourth-order valence-electron chi connectivity index (χ4n) is 0.876. The molecule has 0 heterocycles. The van der Waals surface area contributed by atoms with E-state index in [1.807, 2.05) is 0 Å². The highest BCUT2D eigenvalue weighted by molar-refractivity contribution is 4.71. The third kappa shape index (κ3) is 7.84. The van der Waals surface area contributed by atoms with Crippen molar-refractivity contribution >= 4 is 0 Å². The Bertz CT molecular complexity index is 170. The minimum atomic E-state index is -3.96. The molecule has 0 spiro atoms. The summed E-state index contributed by atoms with van der Waals surface area (Å²) >= 11 is 0. The van der Waals surface area contributed by atoms with Crippen molar-refractivity contribution in [3.8, 4) is 0 Å². The Hall–Kier alpha value is -0.400. The first kappa shape index (κ1) is 15.6. The standard InChI is InChI=1S/C9H17F4NO2/c1-15-5-6-16-4-2-3-14-7-9(12,13)8(10)11/h8,14H,2-7H2,1H3. The summed E-state index contributed by atoms with van der Waals surface area (Å²) in [5.74, 6) is -3.96. The molecule has 0 rings (SSSR count). The zero-order chi connectivity index (χ0) is 12.4. The molecule has 0 saturated heterocycles. The van der Waals surface area contributed by atoms with Crippen LogP contribution in [0.25, 0.3) is 0 Å². The van der Waals surface area contributed by atoms with Crippen molar-refractivity contribution in [1.82, 2.24) is 5.32 Å². The Morgan fingerprint density at radius 1 is 1.19 bits per heavy atom. The smallest absolute Gasteiger partial charge is 0.319 e. The van der Waals surface area contributed by atoms with Gasteiger partial charge in [-0.25, -0.2) is 8.78 Å². The number of hydrogen-bond acceptors (Lipinski definition) is 3. The van der Waals surface area contributed by atoms with Gasteiger partial charge in [0.1, 0.15) is 0 Å². The monoisotopic (exact) mass is 247 g/mol. The number of methoxy groups -OCH3 is 1. The molecule has 0 aliphatic carbocycles. The minimum Gasteiger partial charge on any atom is -0.382 e. The van der Waals surface area contributed by atoms with Crippen LogP contribution in [0.5, 0.6) is 0 Å². The lowest BCUT2D eigenvalue weighted by atomic mass is 10.3. The lowest BCUT2D eigenvalue weighted by Crippen LogP contribution is -2.39. The first-order chi connectivity index (χ1) is 7.50. The van der Waals surface area contributed by atoms with Gasteiger partial charge in [0.2, 0.25) is 0 Å². The molecule has 0 unspecified atom stereocenters. The van der Waals surface area contributed by atoms with Crippen molar-refractivity contribution in [2.24, 2.45) is 0 Å². The molecular formula is C9H17F4NO2. The molecule has 0 aromatic carbocycles. The average molecular weight is 247 g/mol. The van der Waals surface area contributed by atoms with E-state index in [4.69, 9.17) is 9.47 Å². The third-order valence-electron chi connectivity index (χ3n) is 1.75. The lowest BCUT2D eigenvalue weighted by Gasteiger charge is -2.15. The van der Waals surface area contributed by atoms with E-state index in [2.05, 4.69) is 5.32 Å². The maximum Gasteiger partial charge on any atom is 0.319 e. The average Bonchev–Trinajstić information content (AvgIpc) is 2.21. The van der Waals surface area contributed by atoms with Gasteiger partial charge in [-0.1, -0.05) is 0 Å². The van der Waals surface area contributed by atoms with Gasteiger partial charge in [0.05, 0.1) is 19.8 Å². The Balaban J connectivity index is 3.27. The topological polar surface area (TPSA) is 30.5 Å². The van der Waals surface area contributed by atoms with Gasteiger partial charge in [0, 0.05) is 13.7 Å². The lowest BCUT2D eigenvalue weighted by molar-refractivity contribution is -0.125. The van der Waals surface area contributed by atoms with E-state index >= 15 is 0 Å². The summed E-state index contributed by atoms with van der Waals surface area (Å²) in [5, 5.41) is 2.26. The quantitative estimate of drug-likeness (QED) is 0.469. The Morgan fingerprint density at radius 3 is 2.44 bits per heavy atom. The highest BCUT2D eigenvalue weighted by Crippen LogP contribution is 2.21. The summed E-state index contributed by atoms with van der Waals surface area (Å²) in [4.78, 5) is 0. The Kier molecular flexibility index (Phi) is 8.50. The molecule has 0 aromatic rings. The molecule has 0 fully saturated rings. The number of halogens is 4. The van der Waals surface area contributed by atoms with E-state index in [1.54, 1.807) is 0 Å². The van der Waals surface area contributed by atoms with E-state index < -0.39 is 18.9 Å². The van der Waals surface area contributed by atoms with Crippen LogP contribution in [0.1, 0.15) is 6.42 Å². The Labute approximate surface area is 92.1 Å². The van der Waals surface area contributed by atoms with Gasteiger partial charge >= 0.3 is 12.3 Å². The number of rotatable bonds is 10. The van der Waals surface area contributed by atoms with Gasteiger partial charge in [0.25, 0.3) is 0 Å². The van der Waals surface area contributed by atoms with Gasteiger partial charge < -0.3 is 14.8 Å². The van der Waals surface area contributed by atoms with Gasteiger partial charge in [-0.2, -0.15) is 8.78 Å². The highest BCUT2D eigenvalue weighted by atomic mass is 19.3. The van der Waals surface area contributed by atoms with Crippen LogP contribution in [0.15, 0.2) is 0 Å². The molecule has 0 aliphatic rings. The molecule has 7 heteroatoms. The van der Waals surface area contributed by atoms with Crippen LogP contribution < -0.4 is 5.32 Å². The first-order valence-corrected chi connectivity index (χ1v) is 4.94. The van der Waals surface area contributed by atoms with Crippen LogP contribution in [0, 0.1) is 0 Å². The van der Waals surface area contributed by atoms with E-state index in [1.165, 1.54) is 7.11 Å². The zero-order valence-corrected chi connectivity index (χ0v) is 9.15. The second kappa shape index (κ2) is 8.72. The van der Waals surface area contributed by atoms with E-state index in [0.29, 0.717) is 26.2 Å². The molecule has 0 atom stereocenters. The summed E-state index contributed by atoms with van der Waals surface area (Å²) in [5.41, 5.74) is 0. The van der Waals surface area contributed by atoms with Crippen molar-refractivity contribution in [3.63, 3.8) is 0 Å². The summed E-state index contributed by atoms with van der Waals surface area (Å²) in [7, 11) is 1.54. The molecule has 98 valence electrons. The molecule has 1 N–H and O–H groups in total. The molecule has 0 radical (unpaired) electrons. The van der Waals surface area contributed by atoms with Gasteiger partial charge in [0.15, 0.2) is 0 Å². The molecule has 0 aromatic heterocycles. The molecular weight excluding hydrogens is 230 g/mol.